The Morgan fingerprint density at radius 2 is 1.71 bits per heavy atom. The first-order valence-corrected chi connectivity index (χ1v) is 9.22. The molecule has 0 N–H and O–H groups in total. The van der Waals surface area contributed by atoms with Crippen molar-refractivity contribution in [3.05, 3.63) is 77.4 Å². The van der Waals surface area contributed by atoms with Crippen LogP contribution in [0.5, 0.6) is 0 Å². The first kappa shape index (κ1) is 17.9. The molecule has 4 nitrogen and oxygen atoms in total. The minimum atomic E-state index is -0.290. The number of aryl methyl sites for hydroxylation is 2. The van der Waals surface area contributed by atoms with E-state index in [0.29, 0.717) is 11.5 Å². The van der Waals surface area contributed by atoms with Crippen molar-refractivity contribution in [2.24, 2.45) is 7.05 Å². The monoisotopic (exact) mass is 370 g/mol. The zero-order valence-corrected chi connectivity index (χ0v) is 15.8. The van der Waals surface area contributed by atoms with Crippen LogP contribution in [-0.4, -0.2) is 19.7 Å². The number of rotatable bonds is 3. The van der Waals surface area contributed by atoms with E-state index in [1.165, 1.54) is 12.1 Å². The fraction of sp³-hybridized carbons (Fsp3) is 0.174. The van der Waals surface area contributed by atoms with Gasteiger partial charge in [0, 0.05) is 18.2 Å². The molecule has 4 rings (SSSR count). The number of halogens is 1. The van der Waals surface area contributed by atoms with Crippen molar-refractivity contribution >= 4 is 11.0 Å². The lowest BCUT2D eigenvalue weighted by Crippen LogP contribution is -1.98. The third-order valence-electron chi connectivity index (χ3n) is 4.44. The lowest BCUT2D eigenvalue weighted by molar-refractivity contribution is 0.628. The molecule has 0 radical (unpaired) electrons. The highest BCUT2D eigenvalue weighted by Crippen LogP contribution is 2.24. The zero-order chi connectivity index (χ0) is 19.5. The van der Waals surface area contributed by atoms with Crippen LogP contribution in [0.3, 0.4) is 0 Å². The Morgan fingerprint density at radius 3 is 2.43 bits per heavy atom. The molecule has 0 unspecified atom stereocenters. The fourth-order valence-corrected chi connectivity index (χ4v) is 3.11. The number of hydrogen-bond acceptors (Lipinski definition) is 3. The van der Waals surface area contributed by atoms with E-state index in [2.05, 4.69) is 28.8 Å². The maximum absolute atomic E-state index is 13.3. The first-order valence-electron chi connectivity index (χ1n) is 9.22. The molecule has 2 heterocycles. The second-order valence-electron chi connectivity index (χ2n) is 6.54. The average molecular weight is 370 g/mol. The van der Waals surface area contributed by atoms with Gasteiger partial charge >= 0.3 is 0 Å². The third kappa shape index (κ3) is 3.49. The second-order valence-corrected chi connectivity index (χ2v) is 6.54. The van der Waals surface area contributed by atoms with E-state index in [-0.39, 0.29) is 5.82 Å². The molecule has 0 saturated heterocycles. The van der Waals surface area contributed by atoms with Crippen LogP contribution in [0.4, 0.5) is 4.39 Å². The second kappa shape index (κ2) is 7.61. The molecule has 0 saturated carbocycles. The van der Waals surface area contributed by atoms with Gasteiger partial charge in [-0.3, -0.25) is 4.68 Å². The molecule has 2 aromatic carbocycles. The summed E-state index contributed by atoms with van der Waals surface area (Å²) in [6, 6.07) is 16.0. The van der Waals surface area contributed by atoms with Gasteiger partial charge in [0.1, 0.15) is 22.5 Å². The van der Waals surface area contributed by atoms with Gasteiger partial charge in [0.2, 0.25) is 0 Å². The van der Waals surface area contributed by atoms with E-state index in [9.17, 15) is 4.39 Å². The van der Waals surface area contributed by atoms with Crippen molar-refractivity contribution in [3.63, 3.8) is 0 Å². The summed E-state index contributed by atoms with van der Waals surface area (Å²) >= 11 is 0. The van der Waals surface area contributed by atoms with E-state index < -0.39 is 0 Å². The molecule has 4 aromatic rings. The third-order valence-corrected chi connectivity index (χ3v) is 4.44. The van der Waals surface area contributed by atoms with E-state index in [1.807, 2.05) is 37.4 Å². The van der Waals surface area contributed by atoms with Crippen molar-refractivity contribution in [2.75, 3.05) is 0 Å². The van der Waals surface area contributed by atoms with Gasteiger partial charge in [0.25, 0.3) is 0 Å². The quantitative estimate of drug-likeness (QED) is 0.498. The predicted octanol–water partition coefficient (Wildman–Crippen LogP) is 4.52. The number of aromatic nitrogens is 4. The Balaban J connectivity index is 1.93. The number of fused-ring (bicyclic) bond motifs is 1. The van der Waals surface area contributed by atoms with Crippen molar-refractivity contribution in [1.82, 2.24) is 19.7 Å². The van der Waals surface area contributed by atoms with Crippen LogP contribution >= 0.6 is 0 Å². The lowest BCUT2D eigenvalue weighted by atomic mass is 10.1. The van der Waals surface area contributed by atoms with Crippen LogP contribution in [-0.2, 0) is 13.5 Å². The molecule has 0 aliphatic heterocycles. The topological polar surface area (TPSA) is 43.6 Å². The molecular formula is C23H19FN4. The van der Waals surface area contributed by atoms with Crippen LogP contribution in [0.25, 0.3) is 22.4 Å². The molecule has 5 heteroatoms. The summed E-state index contributed by atoms with van der Waals surface area (Å²) < 4.78 is 15.1. The Bertz CT molecular complexity index is 1180. The van der Waals surface area contributed by atoms with E-state index >= 15 is 0 Å². The molecule has 138 valence electrons. The SMILES string of the molecule is CCCc1nn(C)c2c(C#Cc3ccccc3)nc(-c3ccc(F)cc3)nc12. The average Bonchev–Trinajstić information content (AvgIpc) is 3.03. The van der Waals surface area contributed by atoms with Crippen LogP contribution in [0.1, 0.15) is 30.3 Å². The zero-order valence-electron chi connectivity index (χ0n) is 15.8. The summed E-state index contributed by atoms with van der Waals surface area (Å²) in [7, 11) is 1.89. The number of hydrogen-bond donors (Lipinski definition) is 0. The number of benzene rings is 2. The van der Waals surface area contributed by atoms with Gasteiger partial charge in [-0.2, -0.15) is 5.10 Å². The first-order chi connectivity index (χ1) is 13.7. The van der Waals surface area contributed by atoms with Crippen LogP contribution in [0, 0.1) is 17.7 Å². The highest BCUT2D eigenvalue weighted by atomic mass is 19.1. The van der Waals surface area contributed by atoms with E-state index in [1.54, 1.807) is 16.8 Å². The Kier molecular flexibility index (Phi) is 4.86. The van der Waals surface area contributed by atoms with Gasteiger partial charge in [-0.25, -0.2) is 14.4 Å². The Morgan fingerprint density at radius 1 is 0.964 bits per heavy atom. The molecule has 0 aliphatic rings. The van der Waals surface area contributed by atoms with Crippen molar-refractivity contribution in [2.45, 2.75) is 19.8 Å². The molecule has 0 fully saturated rings. The van der Waals surface area contributed by atoms with Gasteiger partial charge in [0.15, 0.2) is 5.82 Å². The molecule has 0 atom stereocenters. The number of nitrogens with zero attached hydrogens (tertiary/aromatic N) is 4. The molecule has 0 spiro atoms. The highest BCUT2D eigenvalue weighted by molar-refractivity contribution is 5.84. The summed E-state index contributed by atoms with van der Waals surface area (Å²) in [6.45, 7) is 2.11. The maximum atomic E-state index is 13.3. The minimum absolute atomic E-state index is 0.290. The van der Waals surface area contributed by atoms with Gasteiger partial charge in [0.05, 0.1) is 5.69 Å². The Hall–Kier alpha value is -3.52. The van der Waals surface area contributed by atoms with Gasteiger partial charge in [-0.1, -0.05) is 37.5 Å². The highest BCUT2D eigenvalue weighted by Gasteiger charge is 2.16. The molecule has 0 bridgehead atoms. The minimum Gasteiger partial charge on any atom is -0.263 e. The van der Waals surface area contributed by atoms with Gasteiger partial charge < -0.3 is 0 Å². The largest absolute Gasteiger partial charge is 0.263 e. The molecule has 0 aliphatic carbocycles. The summed E-state index contributed by atoms with van der Waals surface area (Å²) in [6.07, 6.45) is 1.79. The van der Waals surface area contributed by atoms with Crippen LogP contribution < -0.4 is 0 Å². The summed E-state index contributed by atoms with van der Waals surface area (Å²) in [5.41, 5.74) is 4.82. The summed E-state index contributed by atoms with van der Waals surface area (Å²) in [5, 5.41) is 4.63. The predicted molar refractivity (Wildman–Crippen MR) is 108 cm³/mol. The van der Waals surface area contributed by atoms with E-state index in [0.717, 1.165) is 40.7 Å². The Labute approximate surface area is 163 Å². The van der Waals surface area contributed by atoms with Crippen molar-refractivity contribution in [1.29, 1.82) is 0 Å². The summed E-state index contributed by atoms with van der Waals surface area (Å²) in [5.74, 6) is 6.59. The van der Waals surface area contributed by atoms with Crippen LogP contribution in [0.15, 0.2) is 54.6 Å². The smallest absolute Gasteiger partial charge is 0.161 e. The fourth-order valence-electron chi connectivity index (χ4n) is 3.11. The molecule has 28 heavy (non-hydrogen) atoms. The normalized spacial score (nSPS) is 10.7. The lowest BCUT2D eigenvalue weighted by Gasteiger charge is -2.04. The van der Waals surface area contributed by atoms with Gasteiger partial charge in [-0.15, -0.1) is 0 Å². The molecular weight excluding hydrogens is 351 g/mol. The molecule has 2 aromatic heterocycles. The maximum Gasteiger partial charge on any atom is 0.161 e. The van der Waals surface area contributed by atoms with E-state index in [4.69, 9.17) is 4.98 Å². The van der Waals surface area contributed by atoms with Crippen molar-refractivity contribution < 1.29 is 4.39 Å². The van der Waals surface area contributed by atoms with Crippen LogP contribution in [0.2, 0.25) is 0 Å². The van der Waals surface area contributed by atoms with Gasteiger partial charge in [-0.05, 0) is 48.7 Å². The standard InChI is InChI=1S/C23H19FN4/c1-3-7-19-21-22(28(2)27-19)20(15-10-16-8-5-4-6-9-16)25-23(26-21)17-11-13-18(24)14-12-17/h4-6,8-9,11-14H,3,7H2,1-2H3. The van der Waals surface area contributed by atoms with Crippen molar-refractivity contribution in [3.8, 4) is 23.2 Å². The molecule has 0 amide bonds. The summed E-state index contributed by atoms with van der Waals surface area (Å²) in [4.78, 5) is 9.43.